The lowest BCUT2D eigenvalue weighted by Gasteiger charge is -2.11. The molecular formula is C13H15NO. The van der Waals surface area contributed by atoms with Crippen LogP contribution in [0.25, 0.3) is 0 Å². The Morgan fingerprint density at radius 3 is 2.67 bits per heavy atom. The third-order valence-corrected chi connectivity index (χ3v) is 2.12. The van der Waals surface area contributed by atoms with E-state index in [1.807, 2.05) is 25.1 Å². The molecule has 0 bridgehead atoms. The van der Waals surface area contributed by atoms with Crippen LogP contribution in [0.15, 0.2) is 30.3 Å². The average molecular weight is 201 g/mol. The number of nitrogens with one attached hydrogen (secondary N) is 1. The molecule has 1 amide bonds. The van der Waals surface area contributed by atoms with Gasteiger partial charge in [0.2, 0.25) is 0 Å². The second-order valence-electron chi connectivity index (χ2n) is 3.35. The molecule has 1 aromatic rings. The van der Waals surface area contributed by atoms with Crippen LogP contribution in [0, 0.1) is 12.3 Å². The Bertz CT molecular complexity index is 351. The van der Waals surface area contributed by atoms with E-state index in [1.165, 1.54) is 0 Å². The maximum absolute atomic E-state index is 11.7. The van der Waals surface area contributed by atoms with Crippen LogP contribution in [0.1, 0.15) is 30.1 Å². The Labute approximate surface area is 90.7 Å². The van der Waals surface area contributed by atoms with Gasteiger partial charge in [0.15, 0.2) is 0 Å². The molecule has 2 heteroatoms. The first kappa shape index (κ1) is 11.3. The van der Waals surface area contributed by atoms with Crippen molar-refractivity contribution in [3.8, 4) is 12.3 Å². The molecule has 0 saturated carbocycles. The lowest BCUT2D eigenvalue weighted by Crippen LogP contribution is -2.33. The van der Waals surface area contributed by atoms with Gasteiger partial charge in [-0.05, 0) is 18.6 Å². The number of amides is 1. The number of terminal acetylenes is 1. The summed E-state index contributed by atoms with van der Waals surface area (Å²) in [5, 5.41) is 2.81. The van der Waals surface area contributed by atoms with Crippen LogP contribution in [-0.2, 0) is 0 Å². The van der Waals surface area contributed by atoms with E-state index in [4.69, 9.17) is 6.42 Å². The predicted molar refractivity (Wildman–Crippen MR) is 61.4 cm³/mol. The molecule has 0 aliphatic heterocycles. The van der Waals surface area contributed by atoms with Crippen LogP contribution in [0.5, 0.6) is 0 Å². The largest absolute Gasteiger partial charge is 0.338 e. The highest BCUT2D eigenvalue weighted by molar-refractivity contribution is 5.94. The maximum Gasteiger partial charge on any atom is 0.252 e. The number of benzene rings is 1. The standard InChI is InChI=1S/C13H15NO/c1-3-8-12(4-2)14-13(15)11-9-6-5-7-10-11/h2,5-7,9-10,12H,3,8H2,1H3,(H,14,15). The van der Waals surface area contributed by atoms with Gasteiger partial charge in [0, 0.05) is 5.56 Å². The van der Waals surface area contributed by atoms with Gasteiger partial charge in [0.1, 0.15) is 0 Å². The third-order valence-electron chi connectivity index (χ3n) is 2.12. The summed E-state index contributed by atoms with van der Waals surface area (Å²) >= 11 is 0. The van der Waals surface area contributed by atoms with Gasteiger partial charge in [0.25, 0.3) is 5.91 Å². The van der Waals surface area contributed by atoms with E-state index in [2.05, 4.69) is 11.2 Å². The first-order chi connectivity index (χ1) is 7.27. The van der Waals surface area contributed by atoms with Gasteiger partial charge >= 0.3 is 0 Å². The summed E-state index contributed by atoms with van der Waals surface area (Å²) in [4.78, 5) is 11.7. The zero-order valence-corrected chi connectivity index (χ0v) is 8.86. The first-order valence-electron chi connectivity index (χ1n) is 5.10. The Kier molecular flexibility index (Phi) is 4.43. The minimum atomic E-state index is -0.164. The fourth-order valence-corrected chi connectivity index (χ4v) is 1.32. The van der Waals surface area contributed by atoms with E-state index >= 15 is 0 Å². The normalized spacial score (nSPS) is 11.5. The van der Waals surface area contributed by atoms with Gasteiger partial charge in [-0.2, -0.15) is 0 Å². The van der Waals surface area contributed by atoms with Crippen molar-refractivity contribution in [1.29, 1.82) is 0 Å². The molecule has 0 aliphatic carbocycles. The van der Waals surface area contributed by atoms with Gasteiger partial charge in [-0.25, -0.2) is 0 Å². The Hall–Kier alpha value is -1.75. The molecule has 0 radical (unpaired) electrons. The number of carbonyl (C=O) groups is 1. The zero-order valence-electron chi connectivity index (χ0n) is 8.86. The molecule has 1 unspecified atom stereocenters. The molecule has 0 heterocycles. The fraction of sp³-hybridized carbons (Fsp3) is 0.308. The molecule has 0 aromatic heterocycles. The van der Waals surface area contributed by atoms with E-state index in [0.717, 1.165) is 12.8 Å². The molecule has 0 fully saturated rings. The van der Waals surface area contributed by atoms with E-state index in [0.29, 0.717) is 5.56 Å². The number of hydrogen-bond donors (Lipinski definition) is 1. The van der Waals surface area contributed by atoms with E-state index in [1.54, 1.807) is 12.1 Å². The van der Waals surface area contributed by atoms with Crippen molar-refractivity contribution in [3.05, 3.63) is 35.9 Å². The lowest BCUT2D eigenvalue weighted by atomic mass is 10.1. The molecule has 78 valence electrons. The number of carbonyl (C=O) groups excluding carboxylic acids is 1. The van der Waals surface area contributed by atoms with Crippen LogP contribution in [0.3, 0.4) is 0 Å². The van der Waals surface area contributed by atoms with Crippen molar-refractivity contribution in [3.63, 3.8) is 0 Å². The number of hydrogen-bond acceptors (Lipinski definition) is 1. The zero-order chi connectivity index (χ0) is 11.1. The molecule has 15 heavy (non-hydrogen) atoms. The van der Waals surface area contributed by atoms with Gasteiger partial charge < -0.3 is 5.32 Å². The van der Waals surface area contributed by atoms with Crippen molar-refractivity contribution >= 4 is 5.91 Å². The second-order valence-corrected chi connectivity index (χ2v) is 3.35. The van der Waals surface area contributed by atoms with E-state index in [-0.39, 0.29) is 11.9 Å². The van der Waals surface area contributed by atoms with Crippen LogP contribution in [-0.4, -0.2) is 11.9 Å². The average Bonchev–Trinajstić information content (AvgIpc) is 2.29. The van der Waals surface area contributed by atoms with Crippen LogP contribution < -0.4 is 5.32 Å². The second kappa shape index (κ2) is 5.87. The summed E-state index contributed by atoms with van der Waals surface area (Å²) in [6, 6.07) is 8.92. The van der Waals surface area contributed by atoms with Crippen molar-refractivity contribution in [1.82, 2.24) is 5.32 Å². The molecule has 1 N–H and O–H groups in total. The van der Waals surface area contributed by atoms with Gasteiger partial charge in [-0.1, -0.05) is 37.5 Å². The molecule has 2 nitrogen and oxygen atoms in total. The van der Waals surface area contributed by atoms with Crippen LogP contribution in [0.2, 0.25) is 0 Å². The molecule has 1 rings (SSSR count). The lowest BCUT2D eigenvalue weighted by molar-refractivity contribution is 0.0944. The highest BCUT2D eigenvalue weighted by Crippen LogP contribution is 2.01. The Morgan fingerprint density at radius 2 is 2.13 bits per heavy atom. The summed E-state index contributed by atoms with van der Waals surface area (Å²) in [7, 11) is 0. The fourth-order valence-electron chi connectivity index (χ4n) is 1.32. The summed E-state index contributed by atoms with van der Waals surface area (Å²) in [6.45, 7) is 2.04. The minimum Gasteiger partial charge on any atom is -0.338 e. The molecular weight excluding hydrogens is 186 g/mol. The van der Waals surface area contributed by atoms with Crippen LogP contribution in [0.4, 0.5) is 0 Å². The molecule has 0 saturated heterocycles. The van der Waals surface area contributed by atoms with Crippen molar-refractivity contribution in [2.75, 3.05) is 0 Å². The highest BCUT2D eigenvalue weighted by atomic mass is 16.1. The Morgan fingerprint density at radius 1 is 1.47 bits per heavy atom. The Balaban J connectivity index is 2.60. The smallest absolute Gasteiger partial charge is 0.252 e. The quantitative estimate of drug-likeness (QED) is 0.743. The first-order valence-corrected chi connectivity index (χ1v) is 5.10. The van der Waals surface area contributed by atoms with Crippen molar-refractivity contribution in [2.45, 2.75) is 25.8 Å². The minimum absolute atomic E-state index is 0.105. The SMILES string of the molecule is C#CC(CCC)NC(=O)c1ccccc1. The molecule has 0 spiro atoms. The highest BCUT2D eigenvalue weighted by Gasteiger charge is 2.09. The molecule has 1 aromatic carbocycles. The molecule has 0 aliphatic rings. The van der Waals surface area contributed by atoms with Gasteiger partial charge in [-0.15, -0.1) is 6.42 Å². The third kappa shape index (κ3) is 3.47. The number of rotatable bonds is 4. The summed E-state index contributed by atoms with van der Waals surface area (Å²) in [5.41, 5.74) is 0.647. The van der Waals surface area contributed by atoms with Gasteiger partial charge in [-0.3, -0.25) is 4.79 Å². The monoisotopic (exact) mass is 201 g/mol. The van der Waals surface area contributed by atoms with Crippen molar-refractivity contribution in [2.24, 2.45) is 0 Å². The predicted octanol–water partition coefficient (Wildman–Crippen LogP) is 2.22. The van der Waals surface area contributed by atoms with Gasteiger partial charge in [0.05, 0.1) is 6.04 Å². The topological polar surface area (TPSA) is 29.1 Å². The van der Waals surface area contributed by atoms with Crippen molar-refractivity contribution < 1.29 is 4.79 Å². The summed E-state index contributed by atoms with van der Waals surface area (Å²) in [5.74, 6) is 2.47. The maximum atomic E-state index is 11.7. The summed E-state index contributed by atoms with van der Waals surface area (Å²) < 4.78 is 0. The summed E-state index contributed by atoms with van der Waals surface area (Å²) in [6.07, 6.45) is 7.10. The molecule has 1 atom stereocenters. The van der Waals surface area contributed by atoms with E-state index in [9.17, 15) is 4.79 Å². The van der Waals surface area contributed by atoms with Crippen LogP contribution >= 0.6 is 0 Å². The van der Waals surface area contributed by atoms with E-state index < -0.39 is 0 Å².